The Bertz CT molecular complexity index is 1300. The summed E-state index contributed by atoms with van der Waals surface area (Å²) in [5, 5.41) is 13.3. The number of likely N-dealkylation sites (tertiary alicyclic amines) is 1. The molecule has 4 aliphatic rings. The summed E-state index contributed by atoms with van der Waals surface area (Å²) in [7, 11) is 0. The van der Waals surface area contributed by atoms with Gasteiger partial charge in [-0.15, -0.1) is 5.10 Å². The number of amides is 5. The van der Waals surface area contributed by atoms with Crippen LogP contribution in [0, 0.1) is 5.92 Å². The first kappa shape index (κ1) is 22.4. The molecule has 4 aliphatic heterocycles. The molecule has 3 fully saturated rings. The van der Waals surface area contributed by atoms with Gasteiger partial charge in [0.2, 0.25) is 17.7 Å². The molecule has 3 atom stereocenters. The molecule has 5 amide bonds. The highest BCUT2D eigenvalue weighted by atomic mass is 16.2. The summed E-state index contributed by atoms with van der Waals surface area (Å²) in [6, 6.07) is 4.05. The number of piperidine rings is 3. The van der Waals surface area contributed by atoms with Crippen LogP contribution in [0.4, 0.5) is 0 Å². The number of imide groups is 1. The van der Waals surface area contributed by atoms with Crippen molar-refractivity contribution in [2.24, 2.45) is 5.92 Å². The van der Waals surface area contributed by atoms with Gasteiger partial charge in [-0.25, -0.2) is 4.68 Å². The van der Waals surface area contributed by atoms with Crippen molar-refractivity contribution < 1.29 is 24.0 Å². The second kappa shape index (κ2) is 8.54. The van der Waals surface area contributed by atoms with E-state index in [1.807, 2.05) is 0 Å². The average molecular weight is 492 g/mol. The van der Waals surface area contributed by atoms with Gasteiger partial charge in [-0.3, -0.25) is 29.3 Å². The number of hydrogen-bond acceptors (Lipinski definition) is 7. The van der Waals surface area contributed by atoms with Crippen LogP contribution in [0.3, 0.4) is 0 Å². The lowest BCUT2D eigenvalue weighted by Gasteiger charge is -2.42. The van der Waals surface area contributed by atoms with E-state index in [4.69, 9.17) is 0 Å². The standard InChI is InChI=1S/C24H25N7O5/c32-19-6-5-18(21(33)26-19)30-11-14-3-4-15(10-16(14)23(30)35)31-12-17(27-28-31)24(36)29-9-1-2-13-7-8-25-22(34)20(13)29/h3-4,10,12-13,18,20H,1-2,5-9,11H2,(H,25,34)(H,26,32,33). The van der Waals surface area contributed by atoms with E-state index in [-0.39, 0.29) is 48.2 Å². The number of rotatable bonds is 3. The van der Waals surface area contributed by atoms with Gasteiger partial charge in [0, 0.05) is 31.6 Å². The maximum absolute atomic E-state index is 13.3. The molecule has 0 aliphatic carbocycles. The number of benzene rings is 1. The van der Waals surface area contributed by atoms with Crippen molar-refractivity contribution in [2.75, 3.05) is 13.1 Å². The van der Waals surface area contributed by atoms with Crippen molar-refractivity contribution in [1.29, 1.82) is 0 Å². The SMILES string of the molecule is O=C1CCC(N2Cc3ccc(-n4cc(C(=O)N5CCCC6CCNC(=O)C65)nn4)cc3C2=O)C(=O)N1. The molecule has 1 aromatic heterocycles. The molecular weight excluding hydrogens is 466 g/mol. The molecule has 0 bridgehead atoms. The largest absolute Gasteiger partial charge is 0.354 e. The van der Waals surface area contributed by atoms with Gasteiger partial charge in [-0.05, 0) is 49.3 Å². The third-order valence-electron chi connectivity index (χ3n) is 7.59. The van der Waals surface area contributed by atoms with Gasteiger partial charge in [-0.2, -0.15) is 0 Å². The van der Waals surface area contributed by atoms with Gasteiger partial charge in [0.15, 0.2) is 5.69 Å². The summed E-state index contributed by atoms with van der Waals surface area (Å²) in [5.74, 6) is -1.39. The van der Waals surface area contributed by atoms with E-state index in [1.54, 1.807) is 23.1 Å². The van der Waals surface area contributed by atoms with Crippen molar-refractivity contribution in [2.45, 2.75) is 50.7 Å². The van der Waals surface area contributed by atoms with Crippen molar-refractivity contribution in [1.82, 2.24) is 35.4 Å². The van der Waals surface area contributed by atoms with Crippen LogP contribution in [0.25, 0.3) is 5.69 Å². The number of carbonyl (C=O) groups excluding carboxylic acids is 5. The van der Waals surface area contributed by atoms with E-state index in [0.29, 0.717) is 30.8 Å². The number of nitrogens with one attached hydrogen (secondary N) is 2. The second-order valence-corrected chi connectivity index (χ2v) is 9.72. The van der Waals surface area contributed by atoms with Crippen LogP contribution < -0.4 is 10.6 Å². The molecule has 5 heterocycles. The smallest absolute Gasteiger partial charge is 0.276 e. The van der Waals surface area contributed by atoms with Crippen molar-refractivity contribution >= 4 is 29.5 Å². The Morgan fingerprint density at radius 1 is 1.06 bits per heavy atom. The van der Waals surface area contributed by atoms with Crippen molar-refractivity contribution in [3.8, 4) is 5.69 Å². The maximum Gasteiger partial charge on any atom is 0.276 e. The third kappa shape index (κ3) is 3.64. The zero-order valence-electron chi connectivity index (χ0n) is 19.5. The molecule has 186 valence electrons. The summed E-state index contributed by atoms with van der Waals surface area (Å²) in [5.41, 5.74) is 1.89. The van der Waals surface area contributed by atoms with E-state index in [1.165, 1.54) is 15.8 Å². The zero-order valence-corrected chi connectivity index (χ0v) is 19.5. The van der Waals surface area contributed by atoms with Crippen LogP contribution in [0.1, 0.15) is 58.5 Å². The van der Waals surface area contributed by atoms with Gasteiger partial charge in [0.05, 0.1) is 11.9 Å². The van der Waals surface area contributed by atoms with E-state index in [2.05, 4.69) is 20.9 Å². The van der Waals surface area contributed by atoms with Crippen LogP contribution in [-0.4, -0.2) is 79.5 Å². The third-order valence-corrected chi connectivity index (χ3v) is 7.59. The molecule has 0 spiro atoms. The molecule has 12 heteroatoms. The molecule has 0 saturated carbocycles. The van der Waals surface area contributed by atoms with Gasteiger partial charge in [0.1, 0.15) is 12.1 Å². The lowest BCUT2D eigenvalue weighted by Crippen LogP contribution is -2.59. The molecule has 0 radical (unpaired) electrons. The summed E-state index contributed by atoms with van der Waals surface area (Å²) in [6.07, 6.45) is 4.61. The minimum Gasteiger partial charge on any atom is -0.354 e. The first-order chi connectivity index (χ1) is 17.4. The number of carbonyl (C=O) groups is 5. The number of aromatic nitrogens is 3. The molecule has 12 nitrogen and oxygen atoms in total. The van der Waals surface area contributed by atoms with Crippen LogP contribution >= 0.6 is 0 Å². The molecule has 36 heavy (non-hydrogen) atoms. The van der Waals surface area contributed by atoms with Crippen molar-refractivity contribution in [3.63, 3.8) is 0 Å². The van der Waals surface area contributed by atoms with Gasteiger partial charge < -0.3 is 15.1 Å². The summed E-state index contributed by atoms with van der Waals surface area (Å²) < 4.78 is 1.43. The Morgan fingerprint density at radius 3 is 2.75 bits per heavy atom. The average Bonchev–Trinajstić information content (AvgIpc) is 3.49. The molecule has 2 N–H and O–H groups in total. The lowest BCUT2D eigenvalue weighted by atomic mass is 9.83. The second-order valence-electron chi connectivity index (χ2n) is 9.72. The van der Waals surface area contributed by atoms with Crippen LogP contribution in [0.15, 0.2) is 24.4 Å². The number of nitrogens with zero attached hydrogens (tertiary/aromatic N) is 5. The zero-order chi connectivity index (χ0) is 25.0. The predicted molar refractivity (Wildman–Crippen MR) is 123 cm³/mol. The lowest BCUT2D eigenvalue weighted by molar-refractivity contribution is -0.137. The Balaban J connectivity index is 1.22. The fraction of sp³-hybridized carbons (Fsp3) is 0.458. The minimum atomic E-state index is -0.688. The summed E-state index contributed by atoms with van der Waals surface area (Å²) in [6.45, 7) is 1.40. The molecule has 2 aromatic rings. The highest BCUT2D eigenvalue weighted by Crippen LogP contribution is 2.31. The van der Waals surface area contributed by atoms with Crippen LogP contribution in [0.2, 0.25) is 0 Å². The molecule has 1 aromatic carbocycles. The molecular formula is C24H25N7O5. The minimum absolute atomic E-state index is 0.121. The van der Waals surface area contributed by atoms with Gasteiger partial charge >= 0.3 is 0 Å². The highest BCUT2D eigenvalue weighted by Gasteiger charge is 2.42. The first-order valence-corrected chi connectivity index (χ1v) is 12.2. The fourth-order valence-corrected chi connectivity index (χ4v) is 5.77. The van der Waals surface area contributed by atoms with E-state index in [0.717, 1.165) is 24.8 Å². The fourth-order valence-electron chi connectivity index (χ4n) is 5.77. The quantitative estimate of drug-likeness (QED) is 0.564. The Morgan fingerprint density at radius 2 is 1.92 bits per heavy atom. The van der Waals surface area contributed by atoms with Crippen LogP contribution in [0.5, 0.6) is 0 Å². The summed E-state index contributed by atoms with van der Waals surface area (Å²) >= 11 is 0. The van der Waals surface area contributed by atoms with Crippen LogP contribution in [-0.2, 0) is 20.9 Å². The monoisotopic (exact) mass is 491 g/mol. The van der Waals surface area contributed by atoms with E-state index >= 15 is 0 Å². The highest BCUT2D eigenvalue weighted by molar-refractivity contribution is 6.05. The number of hydrogen-bond donors (Lipinski definition) is 2. The normalized spacial score (nSPS) is 25.8. The van der Waals surface area contributed by atoms with Gasteiger partial charge in [0.25, 0.3) is 11.8 Å². The Labute approximate surface area is 206 Å². The maximum atomic E-state index is 13.3. The van der Waals surface area contributed by atoms with Gasteiger partial charge in [-0.1, -0.05) is 11.3 Å². The predicted octanol–water partition coefficient (Wildman–Crippen LogP) is -0.231. The van der Waals surface area contributed by atoms with E-state index < -0.39 is 18.0 Å². The number of fused-ring (bicyclic) bond motifs is 2. The summed E-state index contributed by atoms with van der Waals surface area (Å²) in [4.78, 5) is 65.7. The molecule has 6 rings (SSSR count). The van der Waals surface area contributed by atoms with E-state index in [9.17, 15) is 24.0 Å². The first-order valence-electron chi connectivity index (χ1n) is 12.2. The van der Waals surface area contributed by atoms with Crippen molar-refractivity contribution in [3.05, 3.63) is 41.2 Å². The molecule has 3 unspecified atom stereocenters. The topological polar surface area (TPSA) is 147 Å². The Hall–Kier alpha value is -4.09. The Kier molecular flexibility index (Phi) is 5.31. The molecule has 3 saturated heterocycles.